The standard InChI is InChI=1S/C17H20N4O3/c1-20-7-9-21(10-8-20)17-15(11-18)19-16(24-17)12-23-14-5-3-13(22-2)4-6-14/h3-6H,7-10,12H2,1-2H3. The number of piperazine rings is 1. The highest BCUT2D eigenvalue weighted by Crippen LogP contribution is 2.24. The molecule has 7 heteroatoms. The lowest BCUT2D eigenvalue weighted by Gasteiger charge is -2.31. The average molecular weight is 328 g/mol. The van der Waals surface area contributed by atoms with E-state index in [9.17, 15) is 5.26 Å². The molecule has 0 N–H and O–H groups in total. The maximum atomic E-state index is 9.29. The maximum Gasteiger partial charge on any atom is 0.236 e. The third-order valence-electron chi connectivity index (χ3n) is 3.97. The molecule has 126 valence electrons. The topological polar surface area (TPSA) is 74.8 Å². The predicted molar refractivity (Wildman–Crippen MR) is 88.3 cm³/mol. The molecule has 0 spiro atoms. The monoisotopic (exact) mass is 328 g/mol. The first-order valence-corrected chi connectivity index (χ1v) is 7.79. The smallest absolute Gasteiger partial charge is 0.236 e. The van der Waals surface area contributed by atoms with Crippen molar-refractivity contribution in [3.05, 3.63) is 35.9 Å². The van der Waals surface area contributed by atoms with Crippen LogP contribution in [0, 0.1) is 11.3 Å². The maximum absolute atomic E-state index is 9.29. The Bertz CT molecular complexity index is 712. The number of hydrogen-bond acceptors (Lipinski definition) is 7. The van der Waals surface area contributed by atoms with Gasteiger partial charge in [0.2, 0.25) is 17.5 Å². The molecule has 0 bridgehead atoms. The first-order chi connectivity index (χ1) is 11.7. The zero-order valence-corrected chi connectivity index (χ0v) is 13.9. The fourth-order valence-electron chi connectivity index (χ4n) is 2.53. The fourth-order valence-corrected chi connectivity index (χ4v) is 2.53. The lowest BCUT2D eigenvalue weighted by molar-refractivity contribution is 0.259. The van der Waals surface area contributed by atoms with Crippen LogP contribution in [0.3, 0.4) is 0 Å². The highest BCUT2D eigenvalue weighted by atomic mass is 16.5. The lowest BCUT2D eigenvalue weighted by atomic mass is 10.3. The Morgan fingerprint density at radius 2 is 1.83 bits per heavy atom. The number of nitrogens with zero attached hydrogens (tertiary/aromatic N) is 4. The molecule has 1 fully saturated rings. The van der Waals surface area contributed by atoms with Gasteiger partial charge in [0.25, 0.3) is 0 Å². The highest BCUT2D eigenvalue weighted by molar-refractivity contribution is 5.48. The van der Waals surface area contributed by atoms with Crippen LogP contribution in [0.5, 0.6) is 11.5 Å². The lowest BCUT2D eigenvalue weighted by Crippen LogP contribution is -2.44. The van der Waals surface area contributed by atoms with Crippen molar-refractivity contribution in [2.45, 2.75) is 6.61 Å². The molecule has 1 aliphatic rings. The number of methoxy groups -OCH3 is 1. The molecule has 0 radical (unpaired) electrons. The van der Waals surface area contributed by atoms with Gasteiger partial charge in [-0.2, -0.15) is 10.2 Å². The van der Waals surface area contributed by atoms with Crippen LogP contribution in [0.15, 0.2) is 28.7 Å². The van der Waals surface area contributed by atoms with Gasteiger partial charge in [-0.05, 0) is 31.3 Å². The molecule has 1 aromatic heterocycles. The van der Waals surface area contributed by atoms with E-state index < -0.39 is 0 Å². The van der Waals surface area contributed by atoms with Crippen LogP contribution < -0.4 is 14.4 Å². The Labute approximate surface area is 141 Å². The average Bonchev–Trinajstić information content (AvgIpc) is 3.04. The Hall–Kier alpha value is -2.72. The van der Waals surface area contributed by atoms with Crippen molar-refractivity contribution < 1.29 is 13.9 Å². The molecule has 1 saturated heterocycles. The van der Waals surface area contributed by atoms with Gasteiger partial charge < -0.3 is 23.7 Å². The van der Waals surface area contributed by atoms with E-state index in [4.69, 9.17) is 13.9 Å². The van der Waals surface area contributed by atoms with Gasteiger partial charge in [-0.3, -0.25) is 0 Å². The van der Waals surface area contributed by atoms with Crippen molar-refractivity contribution in [1.82, 2.24) is 9.88 Å². The van der Waals surface area contributed by atoms with E-state index in [1.54, 1.807) is 7.11 Å². The van der Waals surface area contributed by atoms with Gasteiger partial charge in [-0.1, -0.05) is 0 Å². The zero-order valence-electron chi connectivity index (χ0n) is 13.9. The highest BCUT2D eigenvalue weighted by Gasteiger charge is 2.23. The van der Waals surface area contributed by atoms with E-state index in [-0.39, 0.29) is 6.61 Å². The second-order valence-corrected chi connectivity index (χ2v) is 5.63. The number of nitriles is 1. The molecule has 24 heavy (non-hydrogen) atoms. The Morgan fingerprint density at radius 1 is 1.17 bits per heavy atom. The van der Waals surface area contributed by atoms with Gasteiger partial charge in [-0.15, -0.1) is 0 Å². The summed E-state index contributed by atoms with van der Waals surface area (Å²) >= 11 is 0. The predicted octanol–water partition coefficient (Wildman–Crippen LogP) is 1.89. The summed E-state index contributed by atoms with van der Waals surface area (Å²) in [6.45, 7) is 3.68. The molecule has 1 aromatic carbocycles. The number of aromatic nitrogens is 1. The third-order valence-corrected chi connectivity index (χ3v) is 3.97. The number of likely N-dealkylation sites (N-methyl/N-ethyl adjacent to an activating group) is 1. The quantitative estimate of drug-likeness (QED) is 0.829. The van der Waals surface area contributed by atoms with Gasteiger partial charge in [-0.25, -0.2) is 0 Å². The van der Waals surface area contributed by atoms with Gasteiger partial charge in [0.1, 0.15) is 17.6 Å². The van der Waals surface area contributed by atoms with Crippen molar-refractivity contribution in [3.63, 3.8) is 0 Å². The van der Waals surface area contributed by atoms with Crippen LogP contribution in [-0.4, -0.2) is 50.2 Å². The van der Waals surface area contributed by atoms with E-state index in [1.807, 2.05) is 24.3 Å². The number of benzene rings is 1. The van der Waals surface area contributed by atoms with E-state index in [0.717, 1.165) is 31.9 Å². The minimum atomic E-state index is 0.175. The van der Waals surface area contributed by atoms with Crippen molar-refractivity contribution in [2.24, 2.45) is 0 Å². The summed E-state index contributed by atoms with van der Waals surface area (Å²) in [6, 6.07) is 9.37. The molecule has 0 saturated carbocycles. The Balaban J connectivity index is 1.67. The summed E-state index contributed by atoms with van der Waals surface area (Å²) in [4.78, 5) is 8.54. The van der Waals surface area contributed by atoms with Gasteiger partial charge in [0, 0.05) is 26.2 Å². The Kier molecular flexibility index (Phi) is 4.87. The number of oxazole rings is 1. The molecule has 0 unspecified atom stereocenters. The second kappa shape index (κ2) is 7.23. The van der Waals surface area contributed by atoms with Crippen LogP contribution in [0.25, 0.3) is 0 Å². The number of anilines is 1. The largest absolute Gasteiger partial charge is 0.497 e. The van der Waals surface area contributed by atoms with Crippen LogP contribution >= 0.6 is 0 Å². The molecule has 2 heterocycles. The Morgan fingerprint density at radius 3 is 2.46 bits per heavy atom. The third kappa shape index (κ3) is 3.60. The first-order valence-electron chi connectivity index (χ1n) is 7.79. The fraction of sp³-hybridized carbons (Fsp3) is 0.412. The van der Waals surface area contributed by atoms with Crippen molar-refractivity contribution in [1.29, 1.82) is 5.26 Å². The number of rotatable bonds is 5. The first kappa shape index (κ1) is 16.1. The SMILES string of the molecule is COc1ccc(OCc2nc(C#N)c(N3CCN(C)CC3)o2)cc1. The summed E-state index contributed by atoms with van der Waals surface area (Å²) in [6.07, 6.45) is 0. The van der Waals surface area contributed by atoms with Gasteiger partial charge in [0.15, 0.2) is 6.61 Å². The van der Waals surface area contributed by atoms with Crippen LogP contribution in [-0.2, 0) is 6.61 Å². The van der Waals surface area contributed by atoms with Gasteiger partial charge in [0.05, 0.1) is 7.11 Å². The molecule has 0 amide bonds. The number of ether oxygens (including phenoxy) is 2. The molecule has 0 aliphatic carbocycles. The van der Waals surface area contributed by atoms with E-state index in [0.29, 0.717) is 23.2 Å². The summed E-state index contributed by atoms with van der Waals surface area (Å²) in [5.41, 5.74) is 0.313. The summed E-state index contributed by atoms with van der Waals surface area (Å²) in [5.74, 6) is 2.39. The van der Waals surface area contributed by atoms with Crippen molar-refractivity contribution in [2.75, 3.05) is 45.2 Å². The minimum absolute atomic E-state index is 0.175. The second-order valence-electron chi connectivity index (χ2n) is 5.63. The molecular formula is C17H20N4O3. The molecule has 0 atom stereocenters. The number of hydrogen-bond donors (Lipinski definition) is 0. The summed E-state index contributed by atoms with van der Waals surface area (Å²) < 4.78 is 16.5. The normalized spacial score (nSPS) is 15.1. The van der Waals surface area contributed by atoms with E-state index in [1.165, 1.54) is 0 Å². The van der Waals surface area contributed by atoms with E-state index >= 15 is 0 Å². The van der Waals surface area contributed by atoms with Crippen molar-refractivity contribution in [3.8, 4) is 17.6 Å². The molecular weight excluding hydrogens is 308 g/mol. The van der Waals surface area contributed by atoms with Crippen molar-refractivity contribution >= 4 is 5.88 Å². The van der Waals surface area contributed by atoms with E-state index in [2.05, 4.69) is 27.9 Å². The molecule has 2 aromatic rings. The minimum Gasteiger partial charge on any atom is -0.497 e. The zero-order chi connectivity index (χ0) is 16.9. The summed E-state index contributed by atoms with van der Waals surface area (Å²) in [5, 5.41) is 9.29. The molecule has 1 aliphatic heterocycles. The molecule has 7 nitrogen and oxygen atoms in total. The van der Waals surface area contributed by atoms with Gasteiger partial charge >= 0.3 is 0 Å². The van der Waals surface area contributed by atoms with Crippen LogP contribution in [0.2, 0.25) is 0 Å². The van der Waals surface area contributed by atoms with Crippen LogP contribution in [0.1, 0.15) is 11.6 Å². The molecule has 3 rings (SSSR count). The van der Waals surface area contributed by atoms with Crippen LogP contribution in [0.4, 0.5) is 5.88 Å². The summed E-state index contributed by atoms with van der Waals surface area (Å²) in [7, 11) is 3.70.